The van der Waals surface area contributed by atoms with E-state index in [9.17, 15) is 19.1 Å². The zero-order valence-electron chi connectivity index (χ0n) is 14.1. The first-order valence-corrected chi connectivity index (χ1v) is 8.70. The Morgan fingerprint density at radius 1 is 1.26 bits per heavy atom. The number of halogens is 3. The van der Waals surface area contributed by atoms with Crippen LogP contribution in [0.15, 0.2) is 41.6 Å². The van der Waals surface area contributed by atoms with Crippen LogP contribution in [-0.4, -0.2) is 25.2 Å². The van der Waals surface area contributed by atoms with E-state index in [1.54, 1.807) is 10.6 Å². The van der Waals surface area contributed by atoms with Gasteiger partial charge in [0, 0.05) is 23.9 Å². The molecular formula is C18H14Cl2FN3O3. The molecule has 0 unspecified atom stereocenters. The second-order valence-electron chi connectivity index (χ2n) is 5.77. The van der Waals surface area contributed by atoms with Crippen molar-refractivity contribution in [1.29, 1.82) is 0 Å². The number of nitrogens with zero attached hydrogens (tertiary/aromatic N) is 3. The summed E-state index contributed by atoms with van der Waals surface area (Å²) >= 11 is 12.0. The van der Waals surface area contributed by atoms with Crippen molar-refractivity contribution < 1.29 is 14.3 Å². The number of carbonyl (C=O) groups is 1. The molecule has 140 valence electrons. The van der Waals surface area contributed by atoms with E-state index in [1.165, 1.54) is 35.3 Å². The van der Waals surface area contributed by atoms with Gasteiger partial charge in [-0.25, -0.2) is 9.78 Å². The van der Waals surface area contributed by atoms with Crippen LogP contribution in [0, 0.1) is 5.95 Å². The lowest BCUT2D eigenvalue weighted by molar-refractivity contribution is 0.0695. The number of aromatic nitrogens is 3. The van der Waals surface area contributed by atoms with Crippen LogP contribution in [0.2, 0.25) is 10.0 Å². The second-order valence-corrected chi connectivity index (χ2v) is 6.58. The summed E-state index contributed by atoms with van der Waals surface area (Å²) in [6.07, 6.45) is 2.48. The Morgan fingerprint density at radius 3 is 2.56 bits per heavy atom. The number of rotatable bonds is 5. The maximum absolute atomic E-state index is 13.2. The first-order valence-electron chi connectivity index (χ1n) is 7.94. The Hall–Kier alpha value is -2.64. The van der Waals surface area contributed by atoms with Gasteiger partial charge in [0.15, 0.2) is 5.43 Å². The van der Waals surface area contributed by atoms with Crippen molar-refractivity contribution >= 4 is 29.2 Å². The molecule has 0 saturated heterocycles. The van der Waals surface area contributed by atoms with Crippen LogP contribution in [0.25, 0.3) is 11.3 Å². The average molecular weight is 410 g/mol. The van der Waals surface area contributed by atoms with Gasteiger partial charge in [-0.3, -0.25) is 4.79 Å². The SMILES string of the molecule is CCn1c(Cn2cnc(F)c2)cc(=O)c(C(=O)O)c1-c1ccc(Cl)c(Cl)c1. The molecule has 1 N–H and O–H groups in total. The lowest BCUT2D eigenvalue weighted by Crippen LogP contribution is -2.24. The molecule has 0 amide bonds. The van der Waals surface area contributed by atoms with Crippen molar-refractivity contribution in [1.82, 2.24) is 14.1 Å². The number of carboxylic acid groups (broad SMARTS) is 1. The van der Waals surface area contributed by atoms with Gasteiger partial charge in [-0.1, -0.05) is 29.3 Å². The molecule has 3 rings (SSSR count). The predicted molar refractivity (Wildman–Crippen MR) is 100 cm³/mol. The maximum Gasteiger partial charge on any atom is 0.341 e. The third-order valence-corrected chi connectivity index (χ3v) is 4.81. The van der Waals surface area contributed by atoms with Crippen LogP contribution in [0.1, 0.15) is 23.0 Å². The molecule has 0 bridgehead atoms. The monoisotopic (exact) mass is 409 g/mol. The van der Waals surface area contributed by atoms with Crippen molar-refractivity contribution in [3.63, 3.8) is 0 Å². The van der Waals surface area contributed by atoms with E-state index in [0.717, 1.165) is 0 Å². The average Bonchev–Trinajstić information content (AvgIpc) is 3.01. The summed E-state index contributed by atoms with van der Waals surface area (Å²) in [4.78, 5) is 27.8. The molecule has 2 aromatic heterocycles. The highest BCUT2D eigenvalue weighted by Crippen LogP contribution is 2.30. The molecule has 0 radical (unpaired) electrons. The number of pyridine rings is 1. The van der Waals surface area contributed by atoms with E-state index in [1.807, 2.05) is 6.92 Å². The highest BCUT2D eigenvalue weighted by molar-refractivity contribution is 6.42. The molecule has 0 spiro atoms. The van der Waals surface area contributed by atoms with Crippen LogP contribution in [0.3, 0.4) is 0 Å². The fourth-order valence-corrected chi connectivity index (χ4v) is 3.24. The van der Waals surface area contributed by atoms with Gasteiger partial charge in [0.25, 0.3) is 0 Å². The van der Waals surface area contributed by atoms with Gasteiger partial charge < -0.3 is 14.2 Å². The van der Waals surface area contributed by atoms with Gasteiger partial charge in [-0.15, -0.1) is 0 Å². The molecule has 3 aromatic rings. The summed E-state index contributed by atoms with van der Waals surface area (Å²) in [5.74, 6) is -1.99. The highest BCUT2D eigenvalue weighted by Gasteiger charge is 2.22. The fourth-order valence-electron chi connectivity index (χ4n) is 2.95. The van der Waals surface area contributed by atoms with Gasteiger partial charge in [-0.2, -0.15) is 4.39 Å². The first-order chi connectivity index (χ1) is 12.8. The Balaban J connectivity index is 2.29. The quantitative estimate of drug-likeness (QED) is 0.692. The van der Waals surface area contributed by atoms with Gasteiger partial charge in [0.2, 0.25) is 5.95 Å². The molecule has 0 fully saturated rings. The topological polar surface area (TPSA) is 77.1 Å². The van der Waals surface area contributed by atoms with Gasteiger partial charge in [0.1, 0.15) is 5.56 Å². The van der Waals surface area contributed by atoms with E-state index in [4.69, 9.17) is 23.2 Å². The van der Waals surface area contributed by atoms with E-state index >= 15 is 0 Å². The number of imidazole rings is 1. The molecule has 9 heteroatoms. The third-order valence-electron chi connectivity index (χ3n) is 4.07. The summed E-state index contributed by atoms with van der Waals surface area (Å²) in [6, 6.07) is 5.89. The number of benzene rings is 1. The summed E-state index contributed by atoms with van der Waals surface area (Å²) in [5, 5.41) is 10.1. The van der Waals surface area contributed by atoms with Crippen molar-refractivity contribution in [2.75, 3.05) is 0 Å². The van der Waals surface area contributed by atoms with Crippen molar-refractivity contribution in [3.05, 3.63) is 74.3 Å². The second kappa shape index (κ2) is 7.54. The molecule has 0 aliphatic carbocycles. The number of carboxylic acids is 1. The summed E-state index contributed by atoms with van der Waals surface area (Å²) in [7, 11) is 0. The van der Waals surface area contributed by atoms with Gasteiger partial charge in [-0.05, 0) is 19.1 Å². The molecule has 1 aromatic carbocycles. The van der Waals surface area contributed by atoms with E-state index in [2.05, 4.69) is 4.98 Å². The lowest BCUT2D eigenvalue weighted by Gasteiger charge is -2.20. The van der Waals surface area contributed by atoms with Crippen molar-refractivity contribution in [2.45, 2.75) is 20.0 Å². The Bertz CT molecular complexity index is 1090. The smallest absolute Gasteiger partial charge is 0.341 e. The van der Waals surface area contributed by atoms with Gasteiger partial charge >= 0.3 is 5.97 Å². The number of hydrogen-bond donors (Lipinski definition) is 1. The highest BCUT2D eigenvalue weighted by atomic mass is 35.5. The molecule has 0 saturated carbocycles. The van der Waals surface area contributed by atoms with E-state index in [0.29, 0.717) is 22.8 Å². The first kappa shape index (κ1) is 19.1. The minimum atomic E-state index is -1.34. The molecule has 6 nitrogen and oxygen atoms in total. The Kier molecular flexibility index (Phi) is 5.34. The Labute approximate surface area is 163 Å². The Morgan fingerprint density at radius 2 is 2.00 bits per heavy atom. The van der Waals surface area contributed by atoms with Crippen LogP contribution >= 0.6 is 23.2 Å². The van der Waals surface area contributed by atoms with E-state index < -0.39 is 17.3 Å². The predicted octanol–water partition coefficient (Wildman–Crippen LogP) is 3.92. The molecular weight excluding hydrogens is 396 g/mol. The van der Waals surface area contributed by atoms with Crippen LogP contribution in [-0.2, 0) is 13.1 Å². The molecule has 0 aliphatic rings. The minimum Gasteiger partial charge on any atom is -0.477 e. The normalized spacial score (nSPS) is 11.0. The van der Waals surface area contributed by atoms with Crippen molar-refractivity contribution in [2.24, 2.45) is 0 Å². The standard InChI is InChI=1S/C18H14Cl2FN3O3/c1-2-24-11(7-23-8-15(21)22-9-23)6-14(25)16(18(26)27)17(24)10-3-4-12(19)13(20)5-10/h3-6,8-9H,2,7H2,1H3,(H,26,27). The number of aromatic carboxylic acids is 1. The van der Waals surface area contributed by atoms with Crippen LogP contribution in [0.5, 0.6) is 0 Å². The zero-order chi connectivity index (χ0) is 19.7. The zero-order valence-corrected chi connectivity index (χ0v) is 15.6. The third kappa shape index (κ3) is 3.74. The molecule has 0 atom stereocenters. The minimum absolute atomic E-state index is 0.147. The molecule has 27 heavy (non-hydrogen) atoms. The lowest BCUT2D eigenvalue weighted by atomic mass is 10.0. The van der Waals surface area contributed by atoms with Gasteiger partial charge in [0.05, 0.1) is 34.8 Å². The summed E-state index contributed by atoms with van der Waals surface area (Å²) in [6.45, 7) is 2.34. The largest absolute Gasteiger partial charge is 0.477 e. The van der Waals surface area contributed by atoms with Crippen molar-refractivity contribution in [3.8, 4) is 11.3 Å². The van der Waals surface area contributed by atoms with Crippen LogP contribution in [0.4, 0.5) is 4.39 Å². The van der Waals surface area contributed by atoms with E-state index in [-0.39, 0.29) is 22.8 Å². The summed E-state index contributed by atoms with van der Waals surface area (Å²) < 4.78 is 16.3. The number of hydrogen-bond acceptors (Lipinski definition) is 3. The maximum atomic E-state index is 13.2. The fraction of sp³-hybridized carbons (Fsp3) is 0.167. The summed E-state index contributed by atoms with van der Waals surface area (Å²) in [5.41, 5.74) is 0.150. The molecule has 2 heterocycles. The molecule has 0 aliphatic heterocycles. The van der Waals surface area contributed by atoms with Crippen LogP contribution < -0.4 is 5.43 Å².